The van der Waals surface area contributed by atoms with Crippen molar-refractivity contribution >= 4 is 11.6 Å². The van der Waals surface area contributed by atoms with Gasteiger partial charge in [-0.2, -0.15) is 0 Å². The Morgan fingerprint density at radius 1 is 1.18 bits per heavy atom. The number of hydrogen-bond acceptors (Lipinski definition) is 2. The summed E-state index contributed by atoms with van der Waals surface area (Å²) in [5.41, 5.74) is 1.79. The van der Waals surface area contributed by atoms with Gasteiger partial charge in [-0.15, -0.1) is 11.6 Å². The molecule has 0 radical (unpaired) electrons. The SMILES string of the molecule is COc1nc(CCl)ccc1-c1ccccc1F. The van der Waals surface area contributed by atoms with Gasteiger partial charge in [-0.05, 0) is 18.2 Å². The van der Waals surface area contributed by atoms with Crippen molar-refractivity contribution in [3.8, 4) is 17.0 Å². The first-order valence-electron chi connectivity index (χ1n) is 5.11. The van der Waals surface area contributed by atoms with Gasteiger partial charge in [0.15, 0.2) is 0 Å². The molecule has 2 rings (SSSR count). The fourth-order valence-corrected chi connectivity index (χ4v) is 1.74. The molecular formula is C13H11ClFNO. The van der Waals surface area contributed by atoms with Crippen LogP contribution in [0.4, 0.5) is 4.39 Å². The van der Waals surface area contributed by atoms with Gasteiger partial charge < -0.3 is 4.74 Å². The van der Waals surface area contributed by atoms with E-state index in [4.69, 9.17) is 16.3 Å². The molecule has 0 spiro atoms. The molecule has 1 aromatic heterocycles. The minimum Gasteiger partial charge on any atom is -0.481 e. The lowest BCUT2D eigenvalue weighted by molar-refractivity contribution is 0.398. The zero-order valence-electron chi connectivity index (χ0n) is 9.28. The van der Waals surface area contributed by atoms with E-state index in [0.717, 1.165) is 0 Å². The van der Waals surface area contributed by atoms with Crippen molar-refractivity contribution in [3.63, 3.8) is 0 Å². The Kier molecular flexibility index (Phi) is 3.59. The van der Waals surface area contributed by atoms with E-state index in [9.17, 15) is 4.39 Å². The van der Waals surface area contributed by atoms with Crippen LogP contribution in [0.3, 0.4) is 0 Å². The van der Waals surface area contributed by atoms with Gasteiger partial charge >= 0.3 is 0 Å². The van der Waals surface area contributed by atoms with Crippen LogP contribution in [0.25, 0.3) is 11.1 Å². The largest absolute Gasteiger partial charge is 0.481 e. The Balaban J connectivity index is 2.56. The van der Waals surface area contributed by atoms with Gasteiger partial charge in [-0.3, -0.25) is 0 Å². The minimum absolute atomic E-state index is 0.300. The Morgan fingerprint density at radius 3 is 2.59 bits per heavy atom. The molecule has 2 aromatic rings. The van der Waals surface area contributed by atoms with E-state index in [2.05, 4.69) is 4.98 Å². The third-order valence-corrected chi connectivity index (χ3v) is 2.69. The fourth-order valence-electron chi connectivity index (χ4n) is 1.59. The molecule has 0 amide bonds. The van der Waals surface area contributed by atoms with Crippen LogP contribution in [0.15, 0.2) is 36.4 Å². The molecule has 0 atom stereocenters. The summed E-state index contributed by atoms with van der Waals surface area (Å²) in [6.07, 6.45) is 0. The first kappa shape index (κ1) is 11.9. The quantitative estimate of drug-likeness (QED) is 0.777. The average molecular weight is 252 g/mol. The summed E-state index contributed by atoms with van der Waals surface area (Å²) in [5.74, 6) is 0.382. The maximum Gasteiger partial charge on any atom is 0.221 e. The van der Waals surface area contributed by atoms with Gasteiger partial charge in [0.05, 0.1) is 18.7 Å². The molecule has 0 N–H and O–H groups in total. The highest BCUT2D eigenvalue weighted by molar-refractivity contribution is 6.16. The highest BCUT2D eigenvalue weighted by Gasteiger charge is 2.11. The molecular weight excluding hydrogens is 241 g/mol. The second-order valence-corrected chi connectivity index (χ2v) is 3.74. The van der Waals surface area contributed by atoms with E-state index in [0.29, 0.717) is 28.6 Å². The van der Waals surface area contributed by atoms with Crippen LogP contribution >= 0.6 is 11.6 Å². The number of pyridine rings is 1. The second kappa shape index (κ2) is 5.15. The minimum atomic E-state index is -0.300. The molecule has 1 aromatic carbocycles. The number of halogens is 2. The molecule has 4 heteroatoms. The zero-order valence-corrected chi connectivity index (χ0v) is 10.0. The predicted octanol–water partition coefficient (Wildman–Crippen LogP) is 3.64. The number of ether oxygens (including phenoxy) is 1. The van der Waals surface area contributed by atoms with Crippen molar-refractivity contribution in [1.82, 2.24) is 4.98 Å². The summed E-state index contributed by atoms with van der Waals surface area (Å²) in [6, 6.07) is 10.0. The normalized spacial score (nSPS) is 10.3. The standard InChI is InChI=1S/C13H11ClFNO/c1-17-13-11(7-6-9(8-14)16-13)10-4-2-3-5-12(10)15/h2-7H,8H2,1H3. The van der Waals surface area contributed by atoms with Gasteiger partial charge in [-0.1, -0.05) is 18.2 Å². The number of hydrogen-bond donors (Lipinski definition) is 0. The second-order valence-electron chi connectivity index (χ2n) is 3.47. The fraction of sp³-hybridized carbons (Fsp3) is 0.154. The molecule has 0 saturated heterocycles. The van der Waals surface area contributed by atoms with E-state index in [-0.39, 0.29) is 5.82 Å². The molecule has 0 fully saturated rings. The summed E-state index contributed by atoms with van der Waals surface area (Å²) in [4.78, 5) is 4.21. The Hall–Kier alpha value is -1.61. The highest BCUT2D eigenvalue weighted by atomic mass is 35.5. The van der Waals surface area contributed by atoms with Gasteiger partial charge in [0.1, 0.15) is 5.82 Å². The van der Waals surface area contributed by atoms with Crippen LogP contribution in [0.2, 0.25) is 0 Å². The summed E-state index contributed by atoms with van der Waals surface area (Å²) in [5, 5.41) is 0. The number of rotatable bonds is 3. The van der Waals surface area contributed by atoms with Crippen LogP contribution in [0.1, 0.15) is 5.69 Å². The molecule has 2 nitrogen and oxygen atoms in total. The molecule has 0 saturated carbocycles. The van der Waals surface area contributed by atoms with Crippen molar-refractivity contribution < 1.29 is 9.13 Å². The van der Waals surface area contributed by atoms with Crippen molar-refractivity contribution in [2.75, 3.05) is 7.11 Å². The maximum absolute atomic E-state index is 13.7. The predicted molar refractivity (Wildman–Crippen MR) is 65.7 cm³/mol. The van der Waals surface area contributed by atoms with Gasteiger partial charge in [0.2, 0.25) is 5.88 Å². The molecule has 17 heavy (non-hydrogen) atoms. The zero-order chi connectivity index (χ0) is 12.3. The van der Waals surface area contributed by atoms with Gasteiger partial charge in [-0.25, -0.2) is 9.37 Å². The molecule has 1 heterocycles. The Morgan fingerprint density at radius 2 is 1.94 bits per heavy atom. The summed E-state index contributed by atoms with van der Waals surface area (Å²) >= 11 is 5.69. The highest BCUT2D eigenvalue weighted by Crippen LogP contribution is 2.30. The molecule has 0 aliphatic heterocycles. The van der Waals surface area contributed by atoms with Crippen molar-refractivity contribution in [2.24, 2.45) is 0 Å². The first-order valence-corrected chi connectivity index (χ1v) is 5.64. The maximum atomic E-state index is 13.7. The topological polar surface area (TPSA) is 22.1 Å². The van der Waals surface area contributed by atoms with Crippen molar-refractivity contribution in [1.29, 1.82) is 0 Å². The number of benzene rings is 1. The number of alkyl halides is 1. The third-order valence-electron chi connectivity index (χ3n) is 2.41. The number of methoxy groups -OCH3 is 1. The molecule has 0 aliphatic rings. The van der Waals surface area contributed by atoms with Gasteiger partial charge in [0.25, 0.3) is 0 Å². The van der Waals surface area contributed by atoms with Crippen LogP contribution in [-0.4, -0.2) is 12.1 Å². The van der Waals surface area contributed by atoms with Gasteiger partial charge in [0, 0.05) is 11.1 Å². The smallest absolute Gasteiger partial charge is 0.221 e. The first-order chi connectivity index (χ1) is 8.26. The Labute approximate surface area is 104 Å². The van der Waals surface area contributed by atoms with E-state index in [1.54, 1.807) is 30.3 Å². The lowest BCUT2D eigenvalue weighted by Gasteiger charge is -2.09. The Bertz CT molecular complexity index is 531. The van der Waals surface area contributed by atoms with Crippen molar-refractivity contribution in [2.45, 2.75) is 5.88 Å². The van der Waals surface area contributed by atoms with E-state index < -0.39 is 0 Å². The summed E-state index contributed by atoms with van der Waals surface area (Å²) < 4.78 is 18.8. The van der Waals surface area contributed by atoms with Crippen LogP contribution in [0.5, 0.6) is 5.88 Å². The lowest BCUT2D eigenvalue weighted by atomic mass is 10.1. The lowest BCUT2D eigenvalue weighted by Crippen LogP contribution is -1.96. The monoisotopic (exact) mass is 251 g/mol. The van der Waals surface area contributed by atoms with E-state index >= 15 is 0 Å². The summed E-state index contributed by atoms with van der Waals surface area (Å²) in [6.45, 7) is 0. The van der Waals surface area contributed by atoms with Crippen LogP contribution in [0, 0.1) is 5.82 Å². The molecule has 0 unspecified atom stereocenters. The molecule has 0 bridgehead atoms. The number of nitrogens with zero attached hydrogens (tertiary/aromatic N) is 1. The van der Waals surface area contributed by atoms with Crippen LogP contribution in [-0.2, 0) is 5.88 Å². The van der Waals surface area contributed by atoms with Crippen LogP contribution < -0.4 is 4.74 Å². The van der Waals surface area contributed by atoms with E-state index in [1.807, 2.05) is 0 Å². The van der Waals surface area contributed by atoms with E-state index in [1.165, 1.54) is 13.2 Å². The number of aromatic nitrogens is 1. The van der Waals surface area contributed by atoms with Crippen molar-refractivity contribution in [3.05, 3.63) is 47.9 Å². The molecule has 88 valence electrons. The summed E-state index contributed by atoms with van der Waals surface area (Å²) in [7, 11) is 1.50. The third kappa shape index (κ3) is 2.39. The average Bonchev–Trinajstić information content (AvgIpc) is 2.38. The molecule has 0 aliphatic carbocycles.